The number of carboxylic acid groups (broad SMARTS) is 1. The van der Waals surface area contributed by atoms with Crippen molar-refractivity contribution in [3.05, 3.63) is 0 Å². The van der Waals surface area contributed by atoms with Gasteiger partial charge in [-0.15, -0.1) is 0 Å². The lowest BCUT2D eigenvalue weighted by Crippen LogP contribution is -2.56. The zero-order valence-electron chi connectivity index (χ0n) is 12.6. The molecule has 0 unspecified atom stereocenters. The van der Waals surface area contributed by atoms with E-state index >= 15 is 0 Å². The third-order valence-corrected chi connectivity index (χ3v) is 4.40. The molecule has 1 aliphatic heterocycles. The molecule has 114 valence electrons. The number of urea groups is 1. The molecule has 0 aromatic rings. The number of hydrogen-bond acceptors (Lipinski definition) is 3. The average molecular weight is 283 g/mol. The molecule has 2 fully saturated rings. The Morgan fingerprint density at radius 2 is 1.70 bits per heavy atom. The van der Waals surface area contributed by atoms with Gasteiger partial charge in [-0.05, 0) is 33.6 Å². The zero-order chi connectivity index (χ0) is 15.0. The number of amides is 2. The highest BCUT2D eigenvalue weighted by Gasteiger charge is 2.50. The smallest absolute Gasteiger partial charge is 0.317 e. The van der Waals surface area contributed by atoms with Crippen LogP contribution in [-0.4, -0.2) is 65.2 Å². The van der Waals surface area contributed by atoms with E-state index in [0.29, 0.717) is 25.9 Å². The minimum atomic E-state index is -0.796. The Bertz CT molecular complexity index is 391. The molecule has 6 nitrogen and oxygen atoms in total. The molecule has 0 aromatic carbocycles. The van der Waals surface area contributed by atoms with E-state index < -0.39 is 11.4 Å². The van der Waals surface area contributed by atoms with E-state index in [1.54, 1.807) is 4.90 Å². The van der Waals surface area contributed by atoms with Crippen LogP contribution in [0.15, 0.2) is 0 Å². The highest BCUT2D eigenvalue weighted by molar-refractivity contribution is 5.80. The van der Waals surface area contributed by atoms with Crippen LogP contribution in [0, 0.1) is 5.41 Å². The highest BCUT2D eigenvalue weighted by atomic mass is 16.4. The summed E-state index contributed by atoms with van der Waals surface area (Å²) in [6, 6.07) is -0.133. The zero-order valence-corrected chi connectivity index (χ0v) is 12.6. The normalized spacial score (nSPS) is 22.4. The molecular formula is C14H25N3O3. The number of aliphatic carboxylic acids is 1. The Labute approximate surface area is 120 Å². The number of hydrogen-bond donors (Lipinski definition) is 2. The summed E-state index contributed by atoms with van der Waals surface area (Å²) in [7, 11) is 0. The summed E-state index contributed by atoms with van der Waals surface area (Å²) in [4.78, 5) is 27.2. The van der Waals surface area contributed by atoms with E-state index in [1.807, 2.05) is 0 Å². The van der Waals surface area contributed by atoms with Crippen LogP contribution in [0.2, 0.25) is 0 Å². The van der Waals surface area contributed by atoms with Crippen molar-refractivity contribution in [1.82, 2.24) is 15.1 Å². The number of carbonyl (C=O) groups is 2. The minimum absolute atomic E-state index is 0.129. The molecule has 0 bridgehead atoms. The lowest BCUT2D eigenvalue weighted by Gasteiger charge is -2.42. The van der Waals surface area contributed by atoms with Gasteiger partial charge >= 0.3 is 12.0 Å². The molecule has 0 radical (unpaired) electrons. The SMILES string of the molecule is CC(C)(C)N1CCN(C(=O)NCC2(C(=O)O)CC2)CC1. The second kappa shape index (κ2) is 5.24. The Kier molecular flexibility index (Phi) is 3.95. The molecule has 1 heterocycles. The van der Waals surface area contributed by atoms with Crippen LogP contribution in [0.1, 0.15) is 33.6 Å². The third kappa shape index (κ3) is 3.23. The van der Waals surface area contributed by atoms with Crippen molar-refractivity contribution < 1.29 is 14.7 Å². The molecule has 0 spiro atoms. The van der Waals surface area contributed by atoms with Gasteiger partial charge in [-0.25, -0.2) is 4.79 Å². The topological polar surface area (TPSA) is 72.9 Å². The molecule has 0 aromatic heterocycles. The van der Waals surface area contributed by atoms with Gasteiger partial charge in [-0.2, -0.15) is 0 Å². The van der Waals surface area contributed by atoms with Crippen molar-refractivity contribution in [2.75, 3.05) is 32.7 Å². The molecule has 2 amide bonds. The summed E-state index contributed by atoms with van der Waals surface area (Å²) in [5.74, 6) is -0.796. The first-order valence-corrected chi connectivity index (χ1v) is 7.26. The molecule has 6 heteroatoms. The second-order valence-electron chi connectivity index (χ2n) is 6.89. The van der Waals surface area contributed by atoms with Gasteiger partial charge in [0.05, 0.1) is 5.41 Å². The maximum absolute atomic E-state index is 12.1. The van der Waals surface area contributed by atoms with Crippen LogP contribution in [0.3, 0.4) is 0 Å². The summed E-state index contributed by atoms with van der Waals surface area (Å²) in [5, 5.41) is 11.9. The van der Waals surface area contributed by atoms with Gasteiger partial charge in [0.15, 0.2) is 0 Å². The third-order valence-electron chi connectivity index (χ3n) is 4.40. The van der Waals surface area contributed by atoms with E-state index in [2.05, 4.69) is 31.0 Å². The van der Waals surface area contributed by atoms with Crippen molar-refractivity contribution in [3.8, 4) is 0 Å². The standard InChI is InChI=1S/C14H25N3O3/c1-13(2,3)17-8-6-16(7-9-17)12(20)15-10-14(4-5-14)11(18)19/h4-10H2,1-3H3,(H,15,20)(H,18,19). The lowest BCUT2D eigenvalue weighted by molar-refractivity contribution is -0.143. The van der Waals surface area contributed by atoms with Crippen LogP contribution in [0.4, 0.5) is 4.79 Å². The maximum Gasteiger partial charge on any atom is 0.317 e. The van der Waals surface area contributed by atoms with Gasteiger partial charge in [-0.3, -0.25) is 9.69 Å². The van der Waals surface area contributed by atoms with E-state index in [-0.39, 0.29) is 18.1 Å². The Morgan fingerprint density at radius 3 is 2.10 bits per heavy atom. The van der Waals surface area contributed by atoms with E-state index in [0.717, 1.165) is 13.1 Å². The first-order chi connectivity index (χ1) is 9.24. The number of nitrogens with one attached hydrogen (secondary N) is 1. The summed E-state index contributed by atoms with van der Waals surface area (Å²) < 4.78 is 0. The predicted molar refractivity (Wildman–Crippen MR) is 75.6 cm³/mol. The van der Waals surface area contributed by atoms with Crippen LogP contribution in [0.25, 0.3) is 0 Å². The molecule has 1 saturated heterocycles. The fourth-order valence-electron chi connectivity index (χ4n) is 2.55. The van der Waals surface area contributed by atoms with Crippen molar-refractivity contribution in [1.29, 1.82) is 0 Å². The number of nitrogens with zero attached hydrogens (tertiary/aromatic N) is 2. The Morgan fingerprint density at radius 1 is 1.15 bits per heavy atom. The molecule has 1 aliphatic carbocycles. The van der Waals surface area contributed by atoms with E-state index in [9.17, 15) is 9.59 Å². The first-order valence-electron chi connectivity index (χ1n) is 7.26. The highest BCUT2D eigenvalue weighted by Crippen LogP contribution is 2.45. The van der Waals surface area contributed by atoms with Gasteiger partial charge < -0.3 is 15.3 Å². The van der Waals surface area contributed by atoms with E-state index in [1.165, 1.54) is 0 Å². The fraction of sp³-hybridized carbons (Fsp3) is 0.857. The number of rotatable bonds is 3. The number of piperazine rings is 1. The van der Waals surface area contributed by atoms with Crippen molar-refractivity contribution >= 4 is 12.0 Å². The number of carboxylic acids is 1. The van der Waals surface area contributed by atoms with Crippen molar-refractivity contribution in [3.63, 3.8) is 0 Å². The quantitative estimate of drug-likeness (QED) is 0.810. The summed E-state index contributed by atoms with van der Waals surface area (Å²) in [6.45, 7) is 9.89. The first kappa shape index (κ1) is 15.1. The van der Waals surface area contributed by atoms with E-state index in [4.69, 9.17) is 5.11 Å². The van der Waals surface area contributed by atoms with Crippen LogP contribution < -0.4 is 5.32 Å². The lowest BCUT2D eigenvalue weighted by atomic mass is 10.1. The van der Waals surface area contributed by atoms with Crippen molar-refractivity contribution in [2.24, 2.45) is 5.41 Å². The largest absolute Gasteiger partial charge is 0.481 e. The van der Waals surface area contributed by atoms with Gasteiger partial charge in [0.25, 0.3) is 0 Å². The Balaban J connectivity index is 1.77. The molecular weight excluding hydrogens is 258 g/mol. The van der Waals surface area contributed by atoms with Crippen LogP contribution in [-0.2, 0) is 4.79 Å². The van der Waals surface area contributed by atoms with Crippen LogP contribution in [0.5, 0.6) is 0 Å². The second-order valence-corrected chi connectivity index (χ2v) is 6.89. The number of carbonyl (C=O) groups excluding carboxylic acids is 1. The predicted octanol–water partition coefficient (Wildman–Crippen LogP) is 0.977. The molecule has 20 heavy (non-hydrogen) atoms. The minimum Gasteiger partial charge on any atom is -0.481 e. The molecule has 2 N–H and O–H groups in total. The summed E-state index contributed by atoms with van der Waals surface area (Å²) in [6.07, 6.45) is 1.33. The Hall–Kier alpha value is -1.30. The maximum atomic E-state index is 12.1. The molecule has 1 saturated carbocycles. The van der Waals surface area contributed by atoms with Crippen molar-refractivity contribution in [2.45, 2.75) is 39.2 Å². The molecule has 2 aliphatic rings. The summed E-state index contributed by atoms with van der Waals surface area (Å²) >= 11 is 0. The van der Waals surface area contributed by atoms with Gasteiger partial charge in [0, 0.05) is 38.3 Å². The van der Waals surface area contributed by atoms with Gasteiger partial charge in [-0.1, -0.05) is 0 Å². The molecule has 2 rings (SSSR count). The van der Waals surface area contributed by atoms with Gasteiger partial charge in [0.1, 0.15) is 0 Å². The average Bonchev–Trinajstić information content (AvgIpc) is 3.16. The van der Waals surface area contributed by atoms with Crippen LogP contribution >= 0.6 is 0 Å². The fourth-order valence-corrected chi connectivity index (χ4v) is 2.55. The summed E-state index contributed by atoms with van der Waals surface area (Å²) in [5.41, 5.74) is -0.563. The molecule has 0 atom stereocenters. The monoisotopic (exact) mass is 283 g/mol. The van der Waals surface area contributed by atoms with Gasteiger partial charge in [0.2, 0.25) is 0 Å².